The van der Waals surface area contributed by atoms with Gasteiger partial charge in [0.1, 0.15) is 49.2 Å². The van der Waals surface area contributed by atoms with E-state index in [0.717, 1.165) is 38.4 Å². The van der Waals surface area contributed by atoms with Crippen LogP contribution in [-0.2, 0) is 90.9 Å². The van der Waals surface area contributed by atoms with E-state index in [-0.39, 0.29) is 96.6 Å². The second kappa shape index (κ2) is 36.4. The molecule has 0 aliphatic carbocycles. The molecule has 0 spiro atoms. The lowest BCUT2D eigenvalue weighted by Gasteiger charge is -2.31. The Morgan fingerprint density at radius 3 is 2.07 bits per heavy atom. The topological polar surface area (TPSA) is 586 Å². The van der Waals surface area contributed by atoms with Crippen molar-refractivity contribution in [1.82, 2.24) is 56.1 Å². The summed E-state index contributed by atoms with van der Waals surface area (Å²) in [6.07, 6.45) is -0.591. The number of esters is 1. The largest absolute Gasteiger partial charge is 0.514 e. The minimum absolute atomic E-state index is 0.0146. The van der Waals surface area contributed by atoms with Crippen LogP contribution in [0.1, 0.15) is 108 Å². The predicted molar refractivity (Wildman–Crippen MR) is 386 cm³/mol. The van der Waals surface area contributed by atoms with E-state index in [1.54, 1.807) is 42.0 Å². The van der Waals surface area contributed by atoms with E-state index in [2.05, 4.69) is 56.8 Å². The molecule has 4 aromatic heterocycles. The van der Waals surface area contributed by atoms with Gasteiger partial charge in [-0.15, -0.1) is 0 Å². The number of anilines is 2. The number of nitrogen functional groups attached to an aromatic ring is 1. The Hall–Kier alpha value is -12.3. The van der Waals surface area contributed by atoms with Gasteiger partial charge in [-0.25, -0.2) is 34.1 Å². The predicted octanol–water partition coefficient (Wildman–Crippen LogP) is 1.57. The van der Waals surface area contributed by atoms with Gasteiger partial charge in [0.15, 0.2) is 22.7 Å². The van der Waals surface area contributed by atoms with Crippen molar-refractivity contribution in [3.8, 4) is 17.1 Å². The van der Waals surface area contributed by atoms with E-state index >= 15 is 0 Å². The number of ether oxygens (including phenoxy) is 3. The normalized spacial score (nSPS) is 14.6. The van der Waals surface area contributed by atoms with Crippen molar-refractivity contribution < 1.29 is 92.5 Å². The molecule has 5 amide bonds. The lowest BCUT2D eigenvalue weighted by Crippen LogP contribution is -2.58. The lowest BCUT2D eigenvalue weighted by atomic mass is 9.86. The number of nitrogens with one attached hydrogen (secondary N) is 7. The number of aliphatic carboxylic acids is 4. The third-order valence-corrected chi connectivity index (χ3v) is 18.6. The first-order valence-corrected chi connectivity index (χ1v) is 35.6. The van der Waals surface area contributed by atoms with Crippen molar-refractivity contribution in [3.05, 3.63) is 144 Å². The number of hydrogen-bond acceptors (Lipinski definition) is 26. The van der Waals surface area contributed by atoms with Crippen molar-refractivity contribution in [1.29, 1.82) is 0 Å². The average molecular weight is 1520 g/mol. The van der Waals surface area contributed by atoms with Gasteiger partial charge in [0.05, 0.1) is 60.3 Å². The second-order valence-electron chi connectivity index (χ2n) is 24.2. The molecule has 7 aromatic rings. The number of hydrogen-bond donors (Lipinski definition) is 15. The van der Waals surface area contributed by atoms with Crippen LogP contribution in [-0.4, -0.2) is 175 Å². The maximum atomic E-state index is 13.5. The number of carboxylic acids is 4. The highest BCUT2D eigenvalue weighted by Crippen LogP contribution is 2.41. The van der Waals surface area contributed by atoms with E-state index in [0.29, 0.717) is 47.0 Å². The van der Waals surface area contributed by atoms with Gasteiger partial charge in [0.25, 0.3) is 17.0 Å². The molecule has 0 bridgehead atoms. The Balaban J connectivity index is 0.000000304. The molecule has 6 atom stereocenters. The SMILES string of the molecule is CCc1c2c(nc3ccc(OC(=O)OCc4ccc(C)cc4)cc13)-c1cc3c(c(=O)n1C2)COC(=O)[C@]3(O)CC.CSSC[C@H](NC(=O)[C@H](CC(=O)O)NC(=O)[C@H](CCCN=C(N)N)NC(=O)[C@H](CC(=O)O)NC(=O)CC[C@H](NC(=O)c1ccc(NCc2cnc3nc(N)[nH]c(=O)c3n2)cc1)C(=O)O)C(=O)O. The number of nitrogens with zero attached hydrogens (tertiary/aromatic N) is 6. The molecule has 6 heterocycles. The van der Waals surface area contributed by atoms with E-state index in [1.807, 2.05) is 38.1 Å². The third kappa shape index (κ3) is 21.0. The van der Waals surface area contributed by atoms with Gasteiger partial charge in [-0.05, 0) is 105 Å². The molecular formula is C68H76N16O21S2. The number of pyridine rings is 2. The van der Waals surface area contributed by atoms with Gasteiger partial charge in [-0.3, -0.25) is 53.1 Å². The van der Waals surface area contributed by atoms with Crippen molar-refractivity contribution in [2.75, 3.05) is 29.6 Å². The van der Waals surface area contributed by atoms with Crippen LogP contribution in [0.5, 0.6) is 5.75 Å². The first-order chi connectivity index (χ1) is 50.9. The van der Waals surface area contributed by atoms with Crippen LogP contribution in [0, 0.1) is 6.92 Å². The number of amides is 5. The minimum atomic E-state index is -1.88. The van der Waals surface area contributed by atoms with Gasteiger partial charge in [0.2, 0.25) is 29.6 Å². The summed E-state index contributed by atoms with van der Waals surface area (Å²) in [5.41, 5.74) is 20.6. The summed E-state index contributed by atoms with van der Waals surface area (Å²) in [5.74, 6) is -12.5. The van der Waals surface area contributed by atoms with Gasteiger partial charge in [0, 0.05) is 46.5 Å². The zero-order valence-electron chi connectivity index (χ0n) is 57.8. The minimum Gasteiger partial charge on any atom is -0.481 e. The molecule has 107 heavy (non-hydrogen) atoms. The van der Waals surface area contributed by atoms with Crippen LogP contribution < -0.4 is 65.0 Å². The molecule has 0 saturated heterocycles. The zero-order valence-corrected chi connectivity index (χ0v) is 59.4. The highest BCUT2D eigenvalue weighted by atomic mass is 33.1. The Morgan fingerprint density at radius 2 is 1.43 bits per heavy atom. The number of carbonyl (C=O) groups excluding carboxylic acids is 7. The lowest BCUT2D eigenvalue weighted by molar-refractivity contribution is -0.172. The fourth-order valence-corrected chi connectivity index (χ4v) is 12.6. The molecule has 37 nitrogen and oxygen atoms in total. The van der Waals surface area contributed by atoms with Crippen LogP contribution in [0.2, 0.25) is 0 Å². The summed E-state index contributed by atoms with van der Waals surface area (Å²) < 4.78 is 17.5. The summed E-state index contributed by atoms with van der Waals surface area (Å²) in [5, 5.41) is 64.3. The van der Waals surface area contributed by atoms with Crippen molar-refractivity contribution >= 4 is 127 Å². The molecule has 39 heteroatoms. The first kappa shape index (κ1) is 80.4. The Morgan fingerprint density at radius 1 is 0.776 bits per heavy atom. The summed E-state index contributed by atoms with van der Waals surface area (Å²) in [7, 11) is 2.28. The summed E-state index contributed by atoms with van der Waals surface area (Å²) >= 11 is 0. The number of aliphatic imine (C=N–C) groups is 1. The Labute approximate surface area is 614 Å². The molecule has 2 aliphatic heterocycles. The molecule has 0 fully saturated rings. The highest BCUT2D eigenvalue weighted by Gasteiger charge is 2.46. The summed E-state index contributed by atoms with van der Waals surface area (Å²) in [6.45, 7) is 5.91. The average Bonchev–Trinajstić information content (AvgIpc) is 1.61. The number of fused-ring (bicyclic) bond motifs is 6. The number of aromatic amines is 1. The zero-order chi connectivity index (χ0) is 78.0. The summed E-state index contributed by atoms with van der Waals surface area (Å²) in [4.78, 5) is 187. The number of cyclic esters (lactones) is 1. The first-order valence-electron chi connectivity index (χ1n) is 32.9. The molecular weight excluding hydrogens is 1440 g/mol. The van der Waals surface area contributed by atoms with Gasteiger partial charge < -0.3 is 93.4 Å². The number of carboxylic acid groups (broad SMARTS) is 4. The number of guanidine groups is 1. The van der Waals surface area contributed by atoms with E-state index in [1.165, 1.54) is 41.3 Å². The number of nitrogens with two attached hydrogens (primary N) is 3. The monoisotopic (exact) mass is 1520 g/mol. The van der Waals surface area contributed by atoms with Gasteiger partial charge >= 0.3 is 36.0 Å². The highest BCUT2D eigenvalue weighted by molar-refractivity contribution is 8.76. The van der Waals surface area contributed by atoms with Crippen LogP contribution in [0.3, 0.4) is 0 Å². The van der Waals surface area contributed by atoms with E-state index in [9.17, 15) is 87.9 Å². The molecule has 3 aromatic carbocycles. The second-order valence-corrected chi connectivity index (χ2v) is 26.8. The number of H-pyrrole nitrogens is 1. The smallest absolute Gasteiger partial charge is 0.481 e. The maximum absolute atomic E-state index is 13.5. The molecule has 2 aliphatic rings. The van der Waals surface area contributed by atoms with Gasteiger partial charge in [-0.1, -0.05) is 65.3 Å². The van der Waals surface area contributed by atoms with E-state index in [4.69, 9.17) is 36.4 Å². The molecule has 566 valence electrons. The number of carbonyl (C=O) groups is 11. The molecule has 9 rings (SSSR count). The molecule has 0 radical (unpaired) electrons. The summed E-state index contributed by atoms with van der Waals surface area (Å²) in [6, 6.07) is 11.8. The molecule has 0 saturated carbocycles. The Bertz CT molecular complexity index is 4750. The fraction of sp³-hybridized carbons (Fsp3) is 0.353. The third-order valence-electron chi connectivity index (χ3n) is 16.8. The van der Waals surface area contributed by atoms with Crippen LogP contribution >= 0.6 is 21.6 Å². The molecule has 18 N–H and O–H groups in total. The number of rotatable bonds is 33. The number of benzene rings is 3. The van der Waals surface area contributed by atoms with E-state index < -0.39 is 133 Å². The number of aryl methyl sites for hydroxylation is 2. The quantitative estimate of drug-likeness (QED) is 0.00693. The van der Waals surface area contributed by atoms with Crippen LogP contribution in [0.15, 0.2) is 93.6 Å². The fourth-order valence-electron chi connectivity index (χ4n) is 11.3. The van der Waals surface area contributed by atoms with Gasteiger partial charge in [-0.2, -0.15) is 4.98 Å². The van der Waals surface area contributed by atoms with Crippen molar-refractivity contribution in [2.24, 2.45) is 16.5 Å². The maximum Gasteiger partial charge on any atom is 0.514 e. The van der Waals surface area contributed by atoms with Crippen molar-refractivity contribution in [3.63, 3.8) is 0 Å². The number of aromatic nitrogens is 6. The Kier molecular flexibility index (Phi) is 27.4. The van der Waals surface area contributed by atoms with Crippen LogP contribution in [0.25, 0.3) is 33.5 Å². The van der Waals surface area contributed by atoms with Crippen LogP contribution in [0.4, 0.5) is 16.4 Å². The molecule has 0 unspecified atom stereocenters. The standard InChI is InChI=1S/C37H48N14O14S2.C31H28N2O7/c1-66-67-15-23(35(64)65)49-32(60)22(12-26(55)56)48-30(58)19(3-2-10-41-36(38)39)46-31(59)21(11-25(53)54)45-24(52)9-8-20(34(62)63)47-29(57)16-4-6-17(7-5-16)42-13-18-14-43-28-27(44-18)33(61)51-37(40)50-28;1-4-20-21-12-19(40-30(36)39-15-18-8-6-17(3)7-9-18)10-11-25(21)32-27-22(20)14-33-26(27)13-24-23(28(33)34)16-38-29(35)31(24,37)5-2/h4-7,14,19-23,42H,2-3,8-13,15H2,1H3,(H,45,52)(H,46,59)(H,47,57)(H,48,58)(H,49,60)(H,53,54)(H,55,56)(H,62,63)(H,64,65)(H4,38,39,41)(H3,40,43,50,51,61);6-13,37H,4-5,14-16H2,1-3H3/t19-,20-,21-,22-,23-;31-/m00/s1. The number of aliphatic hydroxyl groups is 1. The van der Waals surface area contributed by atoms with Crippen molar-refractivity contribution in [2.45, 2.75) is 134 Å².